The van der Waals surface area contributed by atoms with E-state index in [1.54, 1.807) is 12.4 Å². The van der Waals surface area contributed by atoms with E-state index in [2.05, 4.69) is 4.98 Å². The number of ether oxygens (including phenoxy) is 1. The Hall–Kier alpha value is -2.02. The molecule has 0 spiro atoms. The molecule has 1 unspecified atom stereocenters. The Morgan fingerprint density at radius 3 is 2.81 bits per heavy atom. The topological polar surface area (TPSA) is 72.6 Å². The van der Waals surface area contributed by atoms with Gasteiger partial charge in [0.05, 0.1) is 13.2 Å². The first-order chi connectivity index (χ1) is 12.2. The molecule has 1 aliphatic rings. The molecule has 26 heavy (non-hydrogen) atoms. The van der Waals surface area contributed by atoms with Crippen LogP contribution >= 0.6 is 11.3 Å². The van der Waals surface area contributed by atoms with E-state index in [9.17, 15) is 9.90 Å². The molecular weight excluding hydrogens is 350 g/mol. The lowest BCUT2D eigenvalue weighted by molar-refractivity contribution is -0.151. The highest BCUT2D eigenvalue weighted by Gasteiger charge is 2.48. The third-order valence-corrected chi connectivity index (χ3v) is 6.32. The zero-order valence-corrected chi connectivity index (χ0v) is 16.1. The molecule has 1 atom stereocenters. The summed E-state index contributed by atoms with van der Waals surface area (Å²) in [7, 11) is 0. The van der Waals surface area contributed by atoms with E-state index in [4.69, 9.17) is 9.15 Å². The maximum absolute atomic E-state index is 12.7. The van der Waals surface area contributed by atoms with Crippen LogP contribution in [0.3, 0.4) is 0 Å². The molecule has 0 radical (unpaired) electrons. The van der Waals surface area contributed by atoms with Gasteiger partial charge in [-0.1, -0.05) is 20.8 Å². The Balaban J connectivity index is 2.00. The third-order valence-electron chi connectivity index (χ3n) is 5.17. The van der Waals surface area contributed by atoms with Crippen molar-refractivity contribution in [3.05, 3.63) is 51.8 Å². The van der Waals surface area contributed by atoms with Crippen molar-refractivity contribution in [3.8, 4) is 10.4 Å². The van der Waals surface area contributed by atoms with Gasteiger partial charge < -0.3 is 14.3 Å². The number of aliphatic hydroxyl groups is 1. The van der Waals surface area contributed by atoms with Crippen molar-refractivity contribution >= 4 is 21.4 Å². The second-order valence-electron chi connectivity index (χ2n) is 7.84. The van der Waals surface area contributed by atoms with Gasteiger partial charge in [-0.15, -0.1) is 11.3 Å². The van der Waals surface area contributed by atoms with Crippen LogP contribution in [-0.4, -0.2) is 16.7 Å². The Kier molecular flexibility index (Phi) is 3.84. The lowest BCUT2D eigenvalue weighted by Crippen LogP contribution is -2.47. The molecule has 0 aromatic carbocycles. The molecule has 136 valence electrons. The first-order valence-electron chi connectivity index (χ1n) is 8.53. The van der Waals surface area contributed by atoms with E-state index in [1.807, 2.05) is 39.8 Å². The Bertz CT molecular complexity index is 1060. The van der Waals surface area contributed by atoms with Gasteiger partial charge in [0, 0.05) is 33.6 Å². The number of fused-ring (bicyclic) bond motifs is 3. The van der Waals surface area contributed by atoms with Crippen LogP contribution in [-0.2, 0) is 16.9 Å². The van der Waals surface area contributed by atoms with Crippen molar-refractivity contribution in [2.45, 2.75) is 39.9 Å². The van der Waals surface area contributed by atoms with E-state index in [-0.39, 0.29) is 6.61 Å². The predicted molar refractivity (Wildman–Crippen MR) is 101 cm³/mol. The van der Waals surface area contributed by atoms with Crippen LogP contribution in [0.2, 0.25) is 0 Å². The minimum Gasteiger partial charge on any atom is -0.423 e. The molecular formula is C20H21NO4S. The van der Waals surface area contributed by atoms with Crippen molar-refractivity contribution in [2.24, 2.45) is 5.41 Å². The van der Waals surface area contributed by atoms with Crippen LogP contribution in [0.25, 0.3) is 20.5 Å². The highest BCUT2D eigenvalue weighted by Crippen LogP contribution is 2.46. The molecule has 0 amide bonds. The number of aryl methyl sites for hydroxylation is 1. The van der Waals surface area contributed by atoms with Gasteiger partial charge in [0.2, 0.25) is 0 Å². The molecule has 4 rings (SSSR count). The highest BCUT2D eigenvalue weighted by atomic mass is 32.1. The highest BCUT2D eigenvalue weighted by molar-refractivity contribution is 7.22. The SMILES string of the molecule is Cc1cnccc1-c1cc2c3c(oc(=O)c2s1)C(O)(C(C)(C)C)COC3. The molecule has 4 heterocycles. The van der Waals surface area contributed by atoms with Gasteiger partial charge in [0.15, 0.2) is 5.60 Å². The summed E-state index contributed by atoms with van der Waals surface area (Å²) in [5.41, 5.74) is 0.551. The van der Waals surface area contributed by atoms with Gasteiger partial charge >= 0.3 is 5.63 Å². The van der Waals surface area contributed by atoms with Gasteiger partial charge in [0.25, 0.3) is 0 Å². The third kappa shape index (κ3) is 2.44. The molecule has 0 bridgehead atoms. The standard InChI is InChI=1S/C20H21NO4S/c1-11-8-21-6-5-12(11)15-7-13-14-9-24-10-20(23,19(2,3)4)17(14)25-18(22)16(13)26-15/h5-8,23H,9-10H2,1-4H3. The largest absolute Gasteiger partial charge is 0.423 e. The maximum atomic E-state index is 12.7. The van der Waals surface area contributed by atoms with Crippen molar-refractivity contribution in [1.82, 2.24) is 4.98 Å². The summed E-state index contributed by atoms with van der Waals surface area (Å²) in [6.07, 6.45) is 3.55. The Morgan fingerprint density at radius 1 is 1.35 bits per heavy atom. The fourth-order valence-electron chi connectivity index (χ4n) is 3.37. The van der Waals surface area contributed by atoms with Crippen LogP contribution in [0.1, 0.15) is 37.7 Å². The summed E-state index contributed by atoms with van der Waals surface area (Å²) in [4.78, 5) is 17.8. The van der Waals surface area contributed by atoms with Crippen LogP contribution in [0.15, 0.2) is 33.7 Å². The molecule has 1 aliphatic heterocycles. The van der Waals surface area contributed by atoms with Gasteiger partial charge in [-0.25, -0.2) is 4.79 Å². The predicted octanol–water partition coefficient (Wildman–Crippen LogP) is 3.99. The summed E-state index contributed by atoms with van der Waals surface area (Å²) < 4.78 is 11.9. The Labute approximate surface area is 155 Å². The van der Waals surface area contributed by atoms with Gasteiger partial charge in [0.1, 0.15) is 10.5 Å². The first kappa shape index (κ1) is 17.4. The van der Waals surface area contributed by atoms with Gasteiger partial charge in [-0.2, -0.15) is 0 Å². The molecule has 3 aromatic rings. The number of aromatic nitrogens is 1. The van der Waals surface area contributed by atoms with Gasteiger partial charge in [-0.3, -0.25) is 4.98 Å². The number of pyridine rings is 1. The van der Waals surface area contributed by atoms with Crippen LogP contribution in [0.4, 0.5) is 0 Å². The maximum Gasteiger partial charge on any atom is 0.354 e. The number of nitrogens with zero attached hydrogens (tertiary/aromatic N) is 1. The molecule has 0 saturated heterocycles. The van der Waals surface area contributed by atoms with E-state index in [0.717, 1.165) is 27.0 Å². The van der Waals surface area contributed by atoms with Crippen molar-refractivity contribution in [3.63, 3.8) is 0 Å². The normalized spacial score (nSPS) is 20.3. The summed E-state index contributed by atoms with van der Waals surface area (Å²) in [5.74, 6) is 0.338. The lowest BCUT2D eigenvalue weighted by atomic mass is 9.73. The van der Waals surface area contributed by atoms with Crippen molar-refractivity contribution in [1.29, 1.82) is 0 Å². The van der Waals surface area contributed by atoms with E-state index < -0.39 is 16.6 Å². The molecule has 0 fully saturated rings. The van der Waals surface area contributed by atoms with E-state index >= 15 is 0 Å². The average Bonchev–Trinajstić information content (AvgIpc) is 3.01. The minimum absolute atomic E-state index is 0.110. The second-order valence-corrected chi connectivity index (χ2v) is 8.90. The van der Waals surface area contributed by atoms with Crippen LogP contribution in [0, 0.1) is 12.3 Å². The smallest absolute Gasteiger partial charge is 0.354 e. The molecule has 5 nitrogen and oxygen atoms in total. The molecule has 6 heteroatoms. The monoisotopic (exact) mass is 371 g/mol. The fourth-order valence-corrected chi connectivity index (χ4v) is 4.53. The molecule has 3 aromatic heterocycles. The summed E-state index contributed by atoms with van der Waals surface area (Å²) in [6.45, 7) is 8.16. The van der Waals surface area contributed by atoms with E-state index in [1.165, 1.54) is 11.3 Å². The lowest BCUT2D eigenvalue weighted by Gasteiger charge is -2.42. The number of hydrogen-bond acceptors (Lipinski definition) is 6. The number of hydrogen-bond donors (Lipinski definition) is 1. The minimum atomic E-state index is -1.34. The summed E-state index contributed by atoms with van der Waals surface area (Å²) in [5, 5.41) is 12.1. The van der Waals surface area contributed by atoms with Crippen LogP contribution in [0.5, 0.6) is 0 Å². The summed E-state index contributed by atoms with van der Waals surface area (Å²) in [6, 6.07) is 3.94. The Morgan fingerprint density at radius 2 is 2.12 bits per heavy atom. The number of rotatable bonds is 1. The molecule has 0 aliphatic carbocycles. The zero-order chi connectivity index (χ0) is 18.7. The second kappa shape index (κ2) is 5.74. The number of thiophene rings is 1. The molecule has 1 N–H and O–H groups in total. The zero-order valence-electron chi connectivity index (χ0n) is 15.3. The fraction of sp³-hybridized carbons (Fsp3) is 0.400. The molecule has 0 saturated carbocycles. The average molecular weight is 371 g/mol. The summed E-state index contributed by atoms with van der Waals surface area (Å²) >= 11 is 1.40. The van der Waals surface area contributed by atoms with Crippen molar-refractivity contribution < 1.29 is 14.3 Å². The van der Waals surface area contributed by atoms with E-state index in [0.29, 0.717) is 17.1 Å². The first-order valence-corrected chi connectivity index (χ1v) is 9.35. The van der Waals surface area contributed by atoms with Crippen molar-refractivity contribution in [2.75, 3.05) is 6.61 Å². The van der Waals surface area contributed by atoms with Gasteiger partial charge in [-0.05, 0) is 30.2 Å². The quantitative estimate of drug-likeness (QED) is 0.700. The van der Waals surface area contributed by atoms with Crippen LogP contribution < -0.4 is 5.63 Å².